The number of aromatic amines is 1. The summed E-state index contributed by atoms with van der Waals surface area (Å²) in [6.45, 7) is 0.966. The van der Waals surface area contributed by atoms with Gasteiger partial charge in [0.05, 0.1) is 28.3 Å². The van der Waals surface area contributed by atoms with Crippen LogP contribution in [0.1, 0.15) is 20.0 Å². The van der Waals surface area contributed by atoms with Crippen molar-refractivity contribution in [3.63, 3.8) is 0 Å². The molecule has 0 aliphatic rings. The molecule has 0 aliphatic carbocycles. The predicted octanol–water partition coefficient (Wildman–Crippen LogP) is 2.10. The summed E-state index contributed by atoms with van der Waals surface area (Å²) in [4.78, 5) is 37.9. The lowest BCUT2D eigenvalue weighted by Crippen LogP contribution is -2.29. The maximum atomic E-state index is 12.4. The molecule has 0 spiro atoms. The monoisotopic (exact) mass is 360 g/mol. The quantitative estimate of drug-likeness (QED) is 0.697. The lowest BCUT2D eigenvalue weighted by Gasteiger charge is -2.15. The predicted molar refractivity (Wildman–Crippen MR) is 93.0 cm³/mol. The molecule has 3 rings (SSSR count). The minimum absolute atomic E-state index is 0.0662. The van der Waals surface area contributed by atoms with Gasteiger partial charge in [0.1, 0.15) is 11.1 Å². The van der Waals surface area contributed by atoms with Gasteiger partial charge in [-0.1, -0.05) is 0 Å². The number of thiophene rings is 1. The van der Waals surface area contributed by atoms with Crippen LogP contribution in [0.4, 0.5) is 0 Å². The van der Waals surface area contributed by atoms with E-state index in [0.717, 1.165) is 4.88 Å². The van der Waals surface area contributed by atoms with E-state index < -0.39 is 5.97 Å². The zero-order valence-electron chi connectivity index (χ0n) is 13.6. The Morgan fingerprint density at radius 1 is 1.40 bits per heavy atom. The number of likely N-dealkylation sites (N-methyl/N-ethyl adjacent to an activating group) is 1. The number of amides is 1. The largest absolute Gasteiger partial charge is 0.478 e. The number of nitrogens with zero attached hydrogens (tertiary/aromatic N) is 3. The highest BCUT2D eigenvalue weighted by Gasteiger charge is 2.17. The summed E-state index contributed by atoms with van der Waals surface area (Å²) in [7, 11) is 3.30. The van der Waals surface area contributed by atoms with E-state index >= 15 is 0 Å². The number of methoxy groups -OCH3 is 1. The third kappa shape index (κ3) is 3.37. The lowest BCUT2D eigenvalue weighted by atomic mass is 10.3. The smallest absolute Gasteiger partial charge is 0.339 e. The van der Waals surface area contributed by atoms with Crippen LogP contribution in [0, 0.1) is 0 Å². The van der Waals surface area contributed by atoms with Crippen molar-refractivity contribution >= 4 is 34.4 Å². The first-order valence-electron chi connectivity index (χ1n) is 7.43. The zero-order chi connectivity index (χ0) is 18.0. The molecule has 3 heterocycles. The van der Waals surface area contributed by atoms with Gasteiger partial charge in [-0.15, -0.1) is 11.3 Å². The van der Waals surface area contributed by atoms with Gasteiger partial charge in [0.2, 0.25) is 0 Å². The van der Waals surface area contributed by atoms with Gasteiger partial charge in [0.15, 0.2) is 5.65 Å². The molecular weight excluding hydrogens is 344 g/mol. The summed E-state index contributed by atoms with van der Waals surface area (Å²) < 4.78 is 4.98. The molecule has 3 aromatic heterocycles. The summed E-state index contributed by atoms with van der Waals surface area (Å²) >= 11 is 1.29. The minimum Gasteiger partial charge on any atom is -0.478 e. The molecule has 25 heavy (non-hydrogen) atoms. The normalized spacial score (nSPS) is 11.0. The summed E-state index contributed by atoms with van der Waals surface area (Å²) in [5.41, 5.74) is 1.30. The molecule has 0 saturated heterocycles. The molecule has 0 bridgehead atoms. The number of rotatable bonds is 6. The van der Waals surface area contributed by atoms with E-state index in [4.69, 9.17) is 4.74 Å². The number of carbonyl (C=O) groups excluding carboxylic acids is 1. The second-order valence-electron chi connectivity index (χ2n) is 5.34. The van der Waals surface area contributed by atoms with Crippen LogP contribution in [0.5, 0.6) is 0 Å². The first-order chi connectivity index (χ1) is 12.0. The Hall–Kier alpha value is -2.78. The number of hydrogen-bond donors (Lipinski definition) is 2. The fourth-order valence-electron chi connectivity index (χ4n) is 2.28. The Morgan fingerprint density at radius 3 is 2.92 bits per heavy atom. The van der Waals surface area contributed by atoms with Gasteiger partial charge < -0.3 is 19.7 Å². The molecule has 0 unspecified atom stereocenters. The number of H-pyrrole nitrogens is 1. The summed E-state index contributed by atoms with van der Waals surface area (Å²) in [5, 5.41) is 9.20. The SMILES string of the molecule is COCCN(C)C(=O)c1ccc(-c2cnc3[nH]cc(C(=O)O)c3n2)s1. The Kier molecular flexibility index (Phi) is 4.77. The number of carbonyl (C=O) groups is 2. The molecule has 130 valence electrons. The number of fused-ring (bicyclic) bond motifs is 1. The zero-order valence-corrected chi connectivity index (χ0v) is 14.5. The van der Waals surface area contributed by atoms with Crippen LogP contribution < -0.4 is 0 Å². The number of carboxylic acid groups (broad SMARTS) is 1. The van der Waals surface area contributed by atoms with Gasteiger partial charge >= 0.3 is 5.97 Å². The van der Waals surface area contributed by atoms with Crippen LogP contribution >= 0.6 is 11.3 Å². The Labute approximate surface area is 147 Å². The molecule has 0 atom stereocenters. The summed E-state index contributed by atoms with van der Waals surface area (Å²) in [6, 6.07) is 3.51. The van der Waals surface area contributed by atoms with E-state index in [1.54, 1.807) is 37.4 Å². The number of nitrogens with one attached hydrogen (secondary N) is 1. The number of aromatic nitrogens is 3. The van der Waals surface area contributed by atoms with Gasteiger partial charge in [-0.05, 0) is 12.1 Å². The van der Waals surface area contributed by atoms with Crippen molar-refractivity contribution in [3.8, 4) is 10.6 Å². The van der Waals surface area contributed by atoms with Crippen molar-refractivity contribution < 1.29 is 19.4 Å². The third-order valence-electron chi connectivity index (χ3n) is 3.66. The van der Waals surface area contributed by atoms with Crippen LogP contribution in [0.2, 0.25) is 0 Å². The average Bonchev–Trinajstić information content (AvgIpc) is 3.25. The van der Waals surface area contributed by atoms with E-state index in [-0.39, 0.29) is 11.5 Å². The Bertz CT molecular complexity index is 933. The number of hydrogen-bond acceptors (Lipinski definition) is 6. The van der Waals surface area contributed by atoms with Crippen LogP contribution in [-0.4, -0.2) is 64.1 Å². The Balaban J connectivity index is 1.89. The van der Waals surface area contributed by atoms with Crippen LogP contribution in [0.25, 0.3) is 21.7 Å². The molecule has 0 aromatic carbocycles. The van der Waals surface area contributed by atoms with E-state index in [0.29, 0.717) is 34.9 Å². The van der Waals surface area contributed by atoms with Crippen LogP contribution in [0.15, 0.2) is 24.5 Å². The molecule has 3 aromatic rings. The highest BCUT2D eigenvalue weighted by molar-refractivity contribution is 7.17. The van der Waals surface area contributed by atoms with Crippen molar-refractivity contribution in [1.82, 2.24) is 19.9 Å². The van der Waals surface area contributed by atoms with E-state index in [9.17, 15) is 14.7 Å². The van der Waals surface area contributed by atoms with E-state index in [1.807, 2.05) is 0 Å². The molecule has 8 nitrogen and oxygen atoms in total. The van der Waals surface area contributed by atoms with Gasteiger partial charge in [-0.2, -0.15) is 0 Å². The van der Waals surface area contributed by atoms with Crippen molar-refractivity contribution in [1.29, 1.82) is 0 Å². The van der Waals surface area contributed by atoms with Crippen molar-refractivity contribution in [3.05, 3.63) is 35.0 Å². The highest BCUT2D eigenvalue weighted by atomic mass is 32.1. The molecule has 0 radical (unpaired) electrons. The summed E-state index contributed by atoms with van der Waals surface area (Å²) in [5.74, 6) is -1.17. The van der Waals surface area contributed by atoms with Gasteiger partial charge in [-0.3, -0.25) is 4.79 Å². The van der Waals surface area contributed by atoms with Crippen molar-refractivity contribution in [2.75, 3.05) is 27.3 Å². The highest BCUT2D eigenvalue weighted by Crippen LogP contribution is 2.28. The Morgan fingerprint density at radius 2 is 2.20 bits per heavy atom. The first kappa shape index (κ1) is 17.1. The van der Waals surface area contributed by atoms with Gasteiger partial charge in [-0.25, -0.2) is 14.8 Å². The van der Waals surface area contributed by atoms with Gasteiger partial charge in [0, 0.05) is 26.9 Å². The fraction of sp³-hybridized carbons (Fsp3) is 0.250. The minimum atomic E-state index is -1.07. The number of ether oxygens (including phenoxy) is 1. The summed E-state index contributed by atoms with van der Waals surface area (Å²) in [6.07, 6.45) is 2.92. The van der Waals surface area contributed by atoms with Crippen molar-refractivity contribution in [2.24, 2.45) is 0 Å². The topological polar surface area (TPSA) is 108 Å². The molecular formula is C16H16N4O4S. The second kappa shape index (κ2) is 6.99. The second-order valence-corrected chi connectivity index (χ2v) is 6.43. The number of carboxylic acids is 1. The molecule has 0 aliphatic heterocycles. The molecule has 0 saturated carbocycles. The van der Waals surface area contributed by atoms with Crippen molar-refractivity contribution in [2.45, 2.75) is 0 Å². The lowest BCUT2D eigenvalue weighted by molar-refractivity contribution is 0.0697. The third-order valence-corrected chi connectivity index (χ3v) is 4.75. The molecule has 9 heteroatoms. The maximum Gasteiger partial charge on any atom is 0.339 e. The average molecular weight is 360 g/mol. The molecule has 2 N–H and O–H groups in total. The fourth-order valence-corrected chi connectivity index (χ4v) is 3.24. The maximum absolute atomic E-state index is 12.4. The number of aromatic carboxylic acids is 1. The first-order valence-corrected chi connectivity index (χ1v) is 8.25. The molecule has 1 amide bonds. The van der Waals surface area contributed by atoms with Gasteiger partial charge in [0.25, 0.3) is 5.91 Å². The van der Waals surface area contributed by atoms with Crippen LogP contribution in [0.3, 0.4) is 0 Å². The molecule has 0 fully saturated rings. The standard InChI is InChI=1S/C16H16N4O4S/c1-20(5-6-24-2)15(21)12-4-3-11(25-12)10-8-18-14-13(19-10)9(7-17-14)16(22)23/h3-4,7-8H,5-6H2,1-2H3,(H,17,18)(H,22,23). The van der Waals surface area contributed by atoms with Crippen LogP contribution in [-0.2, 0) is 4.74 Å². The van der Waals surface area contributed by atoms with E-state index in [1.165, 1.54) is 17.5 Å². The van der Waals surface area contributed by atoms with E-state index in [2.05, 4.69) is 15.0 Å².